The van der Waals surface area contributed by atoms with Gasteiger partial charge in [0.1, 0.15) is 0 Å². The fourth-order valence-corrected chi connectivity index (χ4v) is 1.85. The monoisotopic (exact) mass is 200 g/mol. The first-order chi connectivity index (χ1) is 6.51. The average Bonchev–Trinajstić information content (AvgIpc) is 2.15. The number of esters is 1. The van der Waals surface area contributed by atoms with Crippen LogP contribution < -0.4 is 0 Å². The lowest BCUT2D eigenvalue weighted by molar-refractivity contribution is -0.145. The summed E-state index contributed by atoms with van der Waals surface area (Å²) in [6.07, 6.45) is 3.37. The molecule has 0 unspecified atom stereocenters. The molecule has 2 nitrogen and oxygen atoms in total. The van der Waals surface area contributed by atoms with Crippen molar-refractivity contribution in [1.82, 2.24) is 0 Å². The van der Waals surface area contributed by atoms with E-state index in [1.165, 1.54) is 20.0 Å². The third-order valence-corrected chi connectivity index (χ3v) is 2.86. The Labute approximate surface area is 88.0 Å². The molecule has 2 heteroatoms. The van der Waals surface area contributed by atoms with Gasteiger partial charge in [-0.15, -0.1) is 0 Å². The first-order valence-corrected chi connectivity index (χ1v) is 5.59. The van der Waals surface area contributed by atoms with Crippen LogP contribution >= 0.6 is 0 Å². The molecule has 0 amide bonds. The molecule has 0 N–H and O–H groups in total. The largest absolute Gasteiger partial charge is 0.469 e. The standard InChI is InChI=1S/C12H24O2/c1-6-9(2)7-10(3)8-11(4)12(13)14-5/h9-11H,6-8H2,1-5H3/t9-,10-,11+/m0/s1. The zero-order valence-electron chi connectivity index (χ0n) is 10.2. The van der Waals surface area contributed by atoms with Gasteiger partial charge in [-0.2, -0.15) is 0 Å². The first kappa shape index (κ1) is 13.5. The van der Waals surface area contributed by atoms with Crippen molar-refractivity contribution in [3.8, 4) is 0 Å². The Balaban J connectivity index is 3.81. The van der Waals surface area contributed by atoms with Crippen molar-refractivity contribution in [2.24, 2.45) is 17.8 Å². The predicted octanol–water partition coefficient (Wildman–Crippen LogP) is 3.26. The lowest BCUT2D eigenvalue weighted by Gasteiger charge is -2.18. The number of ether oxygens (including phenoxy) is 1. The van der Waals surface area contributed by atoms with Crippen molar-refractivity contribution in [3.05, 3.63) is 0 Å². The Kier molecular flexibility index (Phi) is 6.60. The van der Waals surface area contributed by atoms with E-state index in [1.807, 2.05) is 6.92 Å². The lowest BCUT2D eigenvalue weighted by Crippen LogP contribution is -2.16. The number of hydrogen-bond acceptors (Lipinski definition) is 2. The minimum absolute atomic E-state index is 0.0408. The van der Waals surface area contributed by atoms with Crippen LogP contribution in [0, 0.1) is 17.8 Å². The lowest BCUT2D eigenvalue weighted by atomic mass is 9.88. The second-order valence-corrected chi connectivity index (χ2v) is 4.51. The van der Waals surface area contributed by atoms with E-state index in [-0.39, 0.29) is 11.9 Å². The van der Waals surface area contributed by atoms with Gasteiger partial charge in [-0.3, -0.25) is 4.79 Å². The molecule has 0 rings (SSSR count). The smallest absolute Gasteiger partial charge is 0.308 e. The molecule has 0 radical (unpaired) electrons. The van der Waals surface area contributed by atoms with Crippen molar-refractivity contribution >= 4 is 5.97 Å². The molecule has 0 aliphatic heterocycles. The first-order valence-electron chi connectivity index (χ1n) is 5.59. The molecular weight excluding hydrogens is 176 g/mol. The fourth-order valence-electron chi connectivity index (χ4n) is 1.85. The van der Waals surface area contributed by atoms with Crippen molar-refractivity contribution < 1.29 is 9.53 Å². The summed E-state index contributed by atoms with van der Waals surface area (Å²) in [6, 6.07) is 0. The van der Waals surface area contributed by atoms with Crippen LogP contribution in [0.25, 0.3) is 0 Å². The van der Waals surface area contributed by atoms with E-state index in [0.717, 1.165) is 12.3 Å². The van der Waals surface area contributed by atoms with E-state index in [2.05, 4.69) is 20.8 Å². The minimum atomic E-state index is -0.0824. The molecule has 0 fully saturated rings. The average molecular weight is 200 g/mol. The predicted molar refractivity (Wildman–Crippen MR) is 59.0 cm³/mol. The van der Waals surface area contributed by atoms with E-state index in [0.29, 0.717) is 5.92 Å². The van der Waals surface area contributed by atoms with Gasteiger partial charge in [0, 0.05) is 0 Å². The Bertz CT molecular complexity index is 166. The SMILES string of the molecule is CC[C@H](C)C[C@H](C)C[C@@H](C)C(=O)OC. The molecule has 0 saturated carbocycles. The van der Waals surface area contributed by atoms with E-state index in [1.54, 1.807) is 0 Å². The highest BCUT2D eigenvalue weighted by molar-refractivity contribution is 5.71. The summed E-state index contributed by atoms with van der Waals surface area (Å²) in [4.78, 5) is 11.2. The van der Waals surface area contributed by atoms with Crippen molar-refractivity contribution in [2.75, 3.05) is 7.11 Å². The Morgan fingerprint density at radius 1 is 1.14 bits per heavy atom. The zero-order chi connectivity index (χ0) is 11.1. The normalized spacial score (nSPS) is 17.2. The minimum Gasteiger partial charge on any atom is -0.469 e. The maximum atomic E-state index is 11.2. The summed E-state index contributed by atoms with van der Waals surface area (Å²) >= 11 is 0. The summed E-state index contributed by atoms with van der Waals surface area (Å²) in [5.41, 5.74) is 0. The number of hydrogen-bond donors (Lipinski definition) is 0. The van der Waals surface area contributed by atoms with E-state index in [9.17, 15) is 4.79 Å². The van der Waals surface area contributed by atoms with Gasteiger partial charge in [0.05, 0.1) is 13.0 Å². The third-order valence-electron chi connectivity index (χ3n) is 2.86. The number of rotatable bonds is 6. The molecule has 0 aromatic heterocycles. The van der Waals surface area contributed by atoms with Gasteiger partial charge in [-0.05, 0) is 24.7 Å². The maximum Gasteiger partial charge on any atom is 0.308 e. The van der Waals surface area contributed by atoms with Gasteiger partial charge in [-0.1, -0.05) is 34.1 Å². The van der Waals surface area contributed by atoms with Gasteiger partial charge in [0.15, 0.2) is 0 Å². The topological polar surface area (TPSA) is 26.3 Å². The summed E-state index contributed by atoms with van der Waals surface area (Å²) in [5.74, 6) is 1.33. The summed E-state index contributed by atoms with van der Waals surface area (Å²) in [7, 11) is 1.46. The Morgan fingerprint density at radius 2 is 1.71 bits per heavy atom. The summed E-state index contributed by atoms with van der Waals surface area (Å²) < 4.78 is 4.71. The maximum absolute atomic E-state index is 11.2. The van der Waals surface area contributed by atoms with Crippen LogP contribution in [0.3, 0.4) is 0 Å². The Hall–Kier alpha value is -0.530. The zero-order valence-corrected chi connectivity index (χ0v) is 10.2. The molecule has 0 saturated heterocycles. The molecule has 0 aromatic rings. The van der Waals surface area contributed by atoms with E-state index in [4.69, 9.17) is 4.74 Å². The van der Waals surface area contributed by atoms with E-state index < -0.39 is 0 Å². The molecule has 0 heterocycles. The highest BCUT2D eigenvalue weighted by Gasteiger charge is 2.17. The summed E-state index contributed by atoms with van der Waals surface area (Å²) in [6.45, 7) is 8.63. The molecular formula is C12H24O2. The van der Waals surface area contributed by atoms with Crippen molar-refractivity contribution in [2.45, 2.75) is 47.0 Å². The Morgan fingerprint density at radius 3 is 2.14 bits per heavy atom. The number of methoxy groups -OCH3 is 1. The van der Waals surface area contributed by atoms with E-state index >= 15 is 0 Å². The van der Waals surface area contributed by atoms with Crippen LogP contribution in [-0.2, 0) is 9.53 Å². The van der Waals surface area contributed by atoms with Gasteiger partial charge in [0.25, 0.3) is 0 Å². The van der Waals surface area contributed by atoms with Crippen molar-refractivity contribution in [1.29, 1.82) is 0 Å². The number of carbonyl (C=O) groups is 1. The quantitative estimate of drug-likeness (QED) is 0.615. The molecule has 0 spiro atoms. The van der Waals surface area contributed by atoms with Crippen LogP contribution in [0.5, 0.6) is 0 Å². The summed E-state index contributed by atoms with van der Waals surface area (Å²) in [5, 5.41) is 0. The fraction of sp³-hybridized carbons (Fsp3) is 0.917. The molecule has 0 aliphatic rings. The van der Waals surface area contributed by atoms with Crippen molar-refractivity contribution in [3.63, 3.8) is 0 Å². The second-order valence-electron chi connectivity index (χ2n) is 4.51. The highest BCUT2D eigenvalue weighted by atomic mass is 16.5. The third kappa shape index (κ3) is 5.25. The van der Waals surface area contributed by atoms with Gasteiger partial charge in [-0.25, -0.2) is 0 Å². The van der Waals surface area contributed by atoms with Crippen LogP contribution in [-0.4, -0.2) is 13.1 Å². The molecule has 0 aromatic carbocycles. The van der Waals surface area contributed by atoms with Gasteiger partial charge in [0.2, 0.25) is 0 Å². The molecule has 0 bridgehead atoms. The van der Waals surface area contributed by atoms with Gasteiger partial charge < -0.3 is 4.74 Å². The van der Waals surface area contributed by atoms with Crippen LogP contribution in [0.4, 0.5) is 0 Å². The molecule has 84 valence electrons. The van der Waals surface area contributed by atoms with Crippen LogP contribution in [0.1, 0.15) is 47.0 Å². The number of carbonyl (C=O) groups excluding carboxylic acids is 1. The van der Waals surface area contributed by atoms with Crippen LogP contribution in [0.15, 0.2) is 0 Å². The van der Waals surface area contributed by atoms with Gasteiger partial charge >= 0.3 is 5.97 Å². The van der Waals surface area contributed by atoms with Crippen LogP contribution in [0.2, 0.25) is 0 Å². The molecule has 0 aliphatic carbocycles. The molecule has 3 atom stereocenters. The second kappa shape index (κ2) is 6.86. The highest BCUT2D eigenvalue weighted by Crippen LogP contribution is 2.21. The molecule has 14 heavy (non-hydrogen) atoms.